The molecule has 0 bridgehead atoms. The number of nitrogens with one attached hydrogen (secondary N) is 1. The van der Waals surface area contributed by atoms with Crippen LogP contribution in [0.25, 0.3) is 11.1 Å². The maximum atomic E-state index is 13.7. The van der Waals surface area contributed by atoms with Crippen LogP contribution >= 0.6 is 11.6 Å². The molecule has 0 aliphatic rings. The molecule has 0 aliphatic heterocycles. The first-order valence-electron chi connectivity index (χ1n) is 5.21. The molecular formula is C11H10ClFN2O3. The number of ether oxygens (including phenoxy) is 1. The second-order valence-corrected chi connectivity index (χ2v) is 3.88. The van der Waals surface area contributed by atoms with Crippen molar-refractivity contribution in [1.29, 1.82) is 0 Å². The molecule has 2 rings (SSSR count). The van der Waals surface area contributed by atoms with Crippen LogP contribution < -0.4 is 5.32 Å². The number of anilines is 1. The SMILES string of the molecule is CCOC(=O)Nc1c(F)cc(Cl)c2nc(C)oc12. The van der Waals surface area contributed by atoms with Crippen molar-refractivity contribution in [3.05, 3.63) is 22.8 Å². The minimum atomic E-state index is -0.769. The fraction of sp³-hybridized carbons (Fsp3) is 0.273. The molecule has 0 spiro atoms. The summed E-state index contributed by atoms with van der Waals surface area (Å²) in [6.07, 6.45) is -0.769. The lowest BCUT2D eigenvalue weighted by atomic mass is 10.2. The molecule has 1 amide bonds. The molecule has 2 aromatic rings. The van der Waals surface area contributed by atoms with E-state index in [2.05, 4.69) is 15.0 Å². The zero-order valence-corrected chi connectivity index (χ0v) is 10.5. The van der Waals surface area contributed by atoms with Crippen LogP contribution in [0.15, 0.2) is 10.5 Å². The van der Waals surface area contributed by atoms with Gasteiger partial charge in [-0.25, -0.2) is 14.2 Å². The summed E-state index contributed by atoms with van der Waals surface area (Å²) < 4.78 is 23.7. The molecule has 1 heterocycles. The van der Waals surface area contributed by atoms with Gasteiger partial charge in [0, 0.05) is 6.92 Å². The second-order valence-electron chi connectivity index (χ2n) is 3.47. The van der Waals surface area contributed by atoms with Gasteiger partial charge in [0.1, 0.15) is 11.2 Å². The molecule has 96 valence electrons. The number of carbonyl (C=O) groups excluding carboxylic acids is 1. The zero-order chi connectivity index (χ0) is 13.3. The molecule has 18 heavy (non-hydrogen) atoms. The van der Waals surface area contributed by atoms with Crippen LogP contribution in [-0.2, 0) is 4.74 Å². The van der Waals surface area contributed by atoms with E-state index in [0.29, 0.717) is 11.4 Å². The van der Waals surface area contributed by atoms with Crippen molar-refractivity contribution >= 4 is 34.5 Å². The van der Waals surface area contributed by atoms with Gasteiger partial charge in [-0.2, -0.15) is 0 Å². The number of fused-ring (bicyclic) bond motifs is 1. The maximum absolute atomic E-state index is 13.7. The van der Waals surface area contributed by atoms with Crippen LogP contribution in [0.1, 0.15) is 12.8 Å². The van der Waals surface area contributed by atoms with E-state index < -0.39 is 11.9 Å². The molecule has 0 atom stereocenters. The normalized spacial score (nSPS) is 10.7. The Morgan fingerprint density at radius 1 is 1.67 bits per heavy atom. The number of aromatic nitrogens is 1. The summed E-state index contributed by atoms with van der Waals surface area (Å²) in [4.78, 5) is 15.3. The van der Waals surface area contributed by atoms with Crippen LogP contribution in [0.2, 0.25) is 5.02 Å². The molecule has 0 unspecified atom stereocenters. The predicted molar refractivity (Wildman–Crippen MR) is 64.4 cm³/mol. The summed E-state index contributed by atoms with van der Waals surface area (Å²) in [6.45, 7) is 3.42. The standard InChI is InChI=1S/C11H10ClFN2O3/c1-3-17-11(16)15-9-7(13)4-6(12)8-10(9)18-5(2)14-8/h4H,3H2,1-2H3,(H,15,16). The number of nitrogens with zero attached hydrogens (tertiary/aromatic N) is 1. The number of hydrogen-bond acceptors (Lipinski definition) is 4. The number of rotatable bonds is 2. The summed E-state index contributed by atoms with van der Waals surface area (Å²) in [5, 5.41) is 2.39. The molecule has 0 radical (unpaired) electrons. The Kier molecular flexibility index (Phi) is 3.38. The van der Waals surface area contributed by atoms with Gasteiger partial charge in [-0.05, 0) is 13.0 Å². The molecule has 1 aromatic heterocycles. The molecule has 1 N–H and O–H groups in total. The van der Waals surface area contributed by atoms with Crippen molar-refractivity contribution in [2.75, 3.05) is 11.9 Å². The Labute approximate surface area is 107 Å². The number of hydrogen-bond donors (Lipinski definition) is 1. The van der Waals surface area contributed by atoms with Gasteiger partial charge < -0.3 is 9.15 Å². The third kappa shape index (κ3) is 2.24. The van der Waals surface area contributed by atoms with Gasteiger partial charge >= 0.3 is 6.09 Å². The minimum Gasteiger partial charge on any atom is -0.450 e. The third-order valence-electron chi connectivity index (χ3n) is 2.18. The van der Waals surface area contributed by atoms with Crippen molar-refractivity contribution in [2.24, 2.45) is 0 Å². The first-order chi connectivity index (χ1) is 8.52. The van der Waals surface area contributed by atoms with E-state index in [4.69, 9.17) is 16.0 Å². The highest BCUT2D eigenvalue weighted by atomic mass is 35.5. The largest absolute Gasteiger partial charge is 0.450 e. The molecule has 0 saturated heterocycles. The Bertz CT molecular complexity index is 612. The van der Waals surface area contributed by atoms with Crippen LogP contribution in [0.5, 0.6) is 0 Å². The van der Waals surface area contributed by atoms with Crippen LogP contribution in [0.3, 0.4) is 0 Å². The molecule has 0 aliphatic carbocycles. The number of aryl methyl sites for hydroxylation is 1. The van der Waals surface area contributed by atoms with Gasteiger partial charge in [-0.15, -0.1) is 0 Å². The zero-order valence-electron chi connectivity index (χ0n) is 9.71. The van der Waals surface area contributed by atoms with Crippen LogP contribution in [0.4, 0.5) is 14.9 Å². The van der Waals surface area contributed by atoms with E-state index in [1.807, 2.05) is 0 Å². The summed E-state index contributed by atoms with van der Waals surface area (Å²) in [5.41, 5.74) is 0.251. The molecule has 1 aromatic carbocycles. The molecule has 5 nitrogen and oxygen atoms in total. The van der Waals surface area contributed by atoms with E-state index >= 15 is 0 Å². The summed E-state index contributed by atoms with van der Waals surface area (Å²) in [5.74, 6) is -0.388. The highest BCUT2D eigenvalue weighted by molar-refractivity contribution is 6.35. The fourth-order valence-electron chi connectivity index (χ4n) is 1.50. The topological polar surface area (TPSA) is 64.4 Å². The Balaban J connectivity index is 2.52. The number of benzene rings is 1. The molecular weight excluding hydrogens is 263 g/mol. The van der Waals surface area contributed by atoms with Gasteiger partial charge in [0.25, 0.3) is 0 Å². The monoisotopic (exact) mass is 272 g/mol. The quantitative estimate of drug-likeness (QED) is 0.909. The van der Waals surface area contributed by atoms with E-state index in [-0.39, 0.29) is 22.9 Å². The van der Waals surface area contributed by atoms with Gasteiger partial charge in [0.15, 0.2) is 17.3 Å². The van der Waals surface area contributed by atoms with E-state index in [1.54, 1.807) is 13.8 Å². The molecule has 0 saturated carbocycles. The number of halogens is 2. The highest BCUT2D eigenvalue weighted by Crippen LogP contribution is 2.32. The lowest BCUT2D eigenvalue weighted by Gasteiger charge is -2.06. The highest BCUT2D eigenvalue weighted by Gasteiger charge is 2.19. The number of oxazole rings is 1. The van der Waals surface area contributed by atoms with Crippen molar-refractivity contribution in [2.45, 2.75) is 13.8 Å². The van der Waals surface area contributed by atoms with Crippen molar-refractivity contribution in [1.82, 2.24) is 4.98 Å². The predicted octanol–water partition coefficient (Wildman–Crippen LogP) is 3.50. The van der Waals surface area contributed by atoms with E-state index in [9.17, 15) is 9.18 Å². The van der Waals surface area contributed by atoms with Gasteiger partial charge in [0.2, 0.25) is 0 Å². The Morgan fingerprint density at radius 2 is 2.39 bits per heavy atom. The lowest BCUT2D eigenvalue weighted by molar-refractivity contribution is 0.168. The summed E-state index contributed by atoms with van der Waals surface area (Å²) >= 11 is 5.84. The Morgan fingerprint density at radius 3 is 3.06 bits per heavy atom. The summed E-state index contributed by atoms with van der Waals surface area (Å²) in [7, 11) is 0. The van der Waals surface area contributed by atoms with E-state index in [0.717, 1.165) is 6.07 Å². The molecule has 0 fully saturated rings. The second kappa shape index (κ2) is 4.81. The van der Waals surface area contributed by atoms with Gasteiger partial charge in [-0.3, -0.25) is 5.32 Å². The first kappa shape index (κ1) is 12.6. The minimum absolute atomic E-state index is 0.0885. The van der Waals surface area contributed by atoms with Crippen molar-refractivity contribution < 1.29 is 18.3 Å². The number of amides is 1. The fourth-order valence-corrected chi connectivity index (χ4v) is 1.73. The maximum Gasteiger partial charge on any atom is 0.411 e. The van der Waals surface area contributed by atoms with Crippen molar-refractivity contribution in [3.63, 3.8) is 0 Å². The van der Waals surface area contributed by atoms with Crippen molar-refractivity contribution in [3.8, 4) is 0 Å². The average molecular weight is 273 g/mol. The van der Waals surface area contributed by atoms with Crippen LogP contribution in [-0.4, -0.2) is 17.7 Å². The smallest absolute Gasteiger partial charge is 0.411 e. The average Bonchev–Trinajstić information content (AvgIpc) is 2.67. The van der Waals surface area contributed by atoms with Gasteiger partial charge in [-0.1, -0.05) is 11.6 Å². The summed E-state index contributed by atoms with van der Waals surface area (Å²) in [6, 6.07) is 1.06. The first-order valence-corrected chi connectivity index (χ1v) is 5.59. The third-order valence-corrected chi connectivity index (χ3v) is 2.47. The van der Waals surface area contributed by atoms with E-state index in [1.165, 1.54) is 0 Å². The number of carbonyl (C=O) groups is 1. The molecule has 7 heteroatoms. The Hall–Kier alpha value is -1.82. The lowest BCUT2D eigenvalue weighted by Crippen LogP contribution is -2.14. The van der Waals surface area contributed by atoms with Gasteiger partial charge in [0.05, 0.1) is 11.6 Å². The van der Waals surface area contributed by atoms with Crippen LogP contribution in [0, 0.1) is 12.7 Å².